The van der Waals surface area contributed by atoms with Crippen LogP contribution >= 0.6 is 0 Å². The Morgan fingerprint density at radius 3 is 2.88 bits per heavy atom. The summed E-state index contributed by atoms with van der Waals surface area (Å²) in [5.74, 6) is -0.450. The molecule has 4 heteroatoms. The van der Waals surface area contributed by atoms with Crippen LogP contribution in [-0.2, 0) is 6.42 Å². The van der Waals surface area contributed by atoms with Crippen LogP contribution in [0.25, 0.3) is 10.9 Å². The summed E-state index contributed by atoms with van der Waals surface area (Å²) in [6.07, 6.45) is 3.18. The lowest BCUT2D eigenvalue weighted by Crippen LogP contribution is -2.13. The van der Waals surface area contributed by atoms with E-state index in [2.05, 4.69) is 4.98 Å². The van der Waals surface area contributed by atoms with Crippen molar-refractivity contribution in [3.8, 4) is 0 Å². The maximum absolute atomic E-state index is 11.4. The smallest absolute Gasteiger partial charge is 0.265 e. The topological polar surface area (TPSA) is 79.1 Å². The summed E-state index contributed by atoms with van der Waals surface area (Å²) in [6, 6.07) is 7.71. The van der Waals surface area contributed by atoms with Gasteiger partial charge in [0.2, 0.25) is 0 Å². The number of aromatic amines is 1. The Hall–Kier alpha value is -1.81. The summed E-state index contributed by atoms with van der Waals surface area (Å²) >= 11 is 0. The van der Waals surface area contributed by atoms with E-state index in [1.54, 1.807) is 0 Å². The predicted octanol–water partition coefficient (Wildman–Crippen LogP) is 1.40. The third-order valence-electron chi connectivity index (χ3n) is 2.74. The first kappa shape index (κ1) is 11.7. The number of aromatic nitrogens is 1. The molecule has 1 aromatic carbocycles. The molecule has 4 nitrogen and oxygen atoms in total. The van der Waals surface area contributed by atoms with Crippen LogP contribution in [-0.4, -0.2) is 22.6 Å². The number of para-hydroxylation sites is 1. The number of hydrogen-bond donors (Lipinski definition) is 3. The molecule has 0 atom stereocenters. The molecule has 0 aliphatic carbocycles. The molecule has 1 radical (unpaired) electrons. The normalized spacial score (nSPS) is 10.9. The summed E-state index contributed by atoms with van der Waals surface area (Å²) in [5, 5.41) is 9.77. The van der Waals surface area contributed by atoms with Crippen molar-refractivity contribution in [1.82, 2.24) is 4.98 Å². The largest absolute Gasteiger partial charge is 0.396 e. The van der Waals surface area contributed by atoms with E-state index >= 15 is 0 Å². The van der Waals surface area contributed by atoms with Gasteiger partial charge in [-0.2, -0.15) is 0 Å². The first-order valence-corrected chi connectivity index (χ1v) is 5.56. The van der Waals surface area contributed by atoms with E-state index in [4.69, 9.17) is 10.8 Å². The summed E-state index contributed by atoms with van der Waals surface area (Å²) in [4.78, 5) is 14.4. The van der Waals surface area contributed by atoms with Gasteiger partial charge in [0, 0.05) is 17.5 Å². The number of carbonyl (C=O) groups excluding carboxylic acids is 1. The van der Waals surface area contributed by atoms with Crippen LogP contribution in [0.4, 0.5) is 0 Å². The zero-order valence-electron chi connectivity index (χ0n) is 9.44. The third-order valence-corrected chi connectivity index (χ3v) is 2.74. The van der Waals surface area contributed by atoms with Gasteiger partial charge in [-0.25, -0.2) is 0 Å². The minimum atomic E-state index is -0.450. The molecule has 2 aromatic rings. The van der Waals surface area contributed by atoms with Gasteiger partial charge in [-0.3, -0.25) is 4.79 Å². The average molecular weight is 231 g/mol. The zero-order valence-corrected chi connectivity index (χ0v) is 9.44. The lowest BCUT2D eigenvalue weighted by Gasteiger charge is -2.01. The quantitative estimate of drug-likeness (QED) is 0.680. The molecule has 1 amide bonds. The molecule has 0 aliphatic heterocycles. The van der Waals surface area contributed by atoms with E-state index in [1.165, 1.54) is 0 Å². The van der Waals surface area contributed by atoms with Crippen LogP contribution in [0, 0.1) is 6.42 Å². The molecular formula is C13H15N2O2. The van der Waals surface area contributed by atoms with Crippen LogP contribution in [0.5, 0.6) is 0 Å². The van der Waals surface area contributed by atoms with Crippen molar-refractivity contribution in [2.45, 2.75) is 12.8 Å². The predicted molar refractivity (Wildman–Crippen MR) is 66.5 cm³/mol. The number of primary amides is 1. The fraction of sp³-hybridized carbons (Fsp3) is 0.231. The highest BCUT2D eigenvalue weighted by atomic mass is 16.2. The number of fused-ring (bicyclic) bond motifs is 1. The molecule has 1 heterocycles. The molecular weight excluding hydrogens is 216 g/mol. The molecule has 0 fully saturated rings. The monoisotopic (exact) mass is 231 g/mol. The highest BCUT2D eigenvalue weighted by molar-refractivity contribution is 6.00. The van der Waals surface area contributed by atoms with Crippen molar-refractivity contribution < 1.29 is 9.90 Å². The van der Waals surface area contributed by atoms with Crippen molar-refractivity contribution >= 4 is 16.8 Å². The van der Waals surface area contributed by atoms with Gasteiger partial charge in [0.15, 0.2) is 0 Å². The second kappa shape index (κ2) is 5.01. The maximum atomic E-state index is 11.4. The number of amides is 1. The maximum Gasteiger partial charge on any atom is 0.265 e. The van der Waals surface area contributed by atoms with Crippen molar-refractivity contribution in [3.05, 3.63) is 41.9 Å². The Morgan fingerprint density at radius 1 is 1.41 bits per heavy atom. The van der Waals surface area contributed by atoms with Gasteiger partial charge >= 0.3 is 0 Å². The number of benzene rings is 1. The Labute approximate surface area is 99.4 Å². The number of aliphatic hydroxyl groups excluding tert-OH is 1. The minimum Gasteiger partial charge on any atom is -0.396 e. The van der Waals surface area contributed by atoms with Crippen molar-refractivity contribution in [2.24, 2.45) is 5.73 Å². The van der Waals surface area contributed by atoms with E-state index in [-0.39, 0.29) is 6.61 Å². The Kier molecular flexibility index (Phi) is 3.44. The van der Waals surface area contributed by atoms with Crippen molar-refractivity contribution in [3.63, 3.8) is 0 Å². The van der Waals surface area contributed by atoms with Gasteiger partial charge in [0.25, 0.3) is 5.91 Å². The fourth-order valence-corrected chi connectivity index (χ4v) is 1.96. The molecule has 4 N–H and O–H groups in total. The number of nitrogens with one attached hydrogen (secondary N) is 1. The van der Waals surface area contributed by atoms with E-state index in [0.29, 0.717) is 18.5 Å². The van der Waals surface area contributed by atoms with Gasteiger partial charge in [-0.05, 0) is 30.9 Å². The molecule has 0 bridgehead atoms. The number of unbranched alkanes of at least 4 members (excludes halogenated alkanes) is 1. The number of aliphatic hydroxyl groups is 1. The van der Waals surface area contributed by atoms with Gasteiger partial charge in [0.1, 0.15) is 5.69 Å². The first-order valence-electron chi connectivity index (χ1n) is 5.56. The number of nitrogens with two attached hydrogens (primary N) is 1. The fourth-order valence-electron chi connectivity index (χ4n) is 1.96. The van der Waals surface area contributed by atoms with Crippen molar-refractivity contribution in [1.29, 1.82) is 0 Å². The van der Waals surface area contributed by atoms with E-state index in [0.717, 1.165) is 16.5 Å². The SMILES string of the molecule is NC(=O)c1[nH]c2ccccc2c1C[CH]CCO. The van der Waals surface area contributed by atoms with Gasteiger partial charge < -0.3 is 15.8 Å². The average Bonchev–Trinajstić information content (AvgIpc) is 2.69. The highest BCUT2D eigenvalue weighted by Gasteiger charge is 2.14. The molecule has 0 saturated carbocycles. The van der Waals surface area contributed by atoms with E-state index in [1.807, 2.05) is 30.7 Å². The lowest BCUT2D eigenvalue weighted by molar-refractivity contribution is 0.0995. The lowest BCUT2D eigenvalue weighted by atomic mass is 10.0. The number of hydrogen-bond acceptors (Lipinski definition) is 2. The van der Waals surface area contributed by atoms with Gasteiger partial charge in [-0.1, -0.05) is 18.2 Å². The Morgan fingerprint density at radius 2 is 2.18 bits per heavy atom. The second-order valence-electron chi connectivity index (χ2n) is 3.89. The minimum absolute atomic E-state index is 0.119. The molecule has 17 heavy (non-hydrogen) atoms. The van der Waals surface area contributed by atoms with Crippen molar-refractivity contribution in [2.75, 3.05) is 6.61 Å². The summed E-state index contributed by atoms with van der Waals surface area (Å²) in [6.45, 7) is 0.119. The number of rotatable bonds is 5. The molecule has 0 spiro atoms. The van der Waals surface area contributed by atoms with Crippen LogP contribution in [0.15, 0.2) is 24.3 Å². The molecule has 0 saturated heterocycles. The molecule has 1 aromatic heterocycles. The van der Waals surface area contributed by atoms with Crippen LogP contribution < -0.4 is 5.73 Å². The van der Waals surface area contributed by atoms with E-state index in [9.17, 15) is 4.79 Å². The van der Waals surface area contributed by atoms with Gasteiger partial charge in [0.05, 0.1) is 0 Å². The summed E-state index contributed by atoms with van der Waals surface area (Å²) in [7, 11) is 0. The van der Waals surface area contributed by atoms with Crippen LogP contribution in [0.2, 0.25) is 0 Å². The molecule has 0 unspecified atom stereocenters. The molecule has 2 rings (SSSR count). The van der Waals surface area contributed by atoms with Crippen LogP contribution in [0.3, 0.4) is 0 Å². The standard InChI is InChI=1S/C13H15N2O2/c14-13(17)12-10(6-3-4-8-16)9-5-1-2-7-11(9)15-12/h1-3,5,7,15-16H,4,6,8H2,(H2,14,17). The zero-order chi connectivity index (χ0) is 12.3. The molecule has 0 aliphatic rings. The number of carbonyl (C=O) groups is 1. The van der Waals surface area contributed by atoms with Gasteiger partial charge in [-0.15, -0.1) is 0 Å². The summed E-state index contributed by atoms with van der Waals surface area (Å²) < 4.78 is 0. The Bertz CT molecular complexity index is 531. The Balaban J connectivity index is 2.41. The highest BCUT2D eigenvalue weighted by Crippen LogP contribution is 2.23. The van der Waals surface area contributed by atoms with Crippen LogP contribution in [0.1, 0.15) is 22.5 Å². The number of H-pyrrole nitrogens is 1. The second-order valence-corrected chi connectivity index (χ2v) is 3.89. The first-order chi connectivity index (χ1) is 8.24. The summed E-state index contributed by atoms with van der Waals surface area (Å²) in [5.41, 5.74) is 7.62. The third kappa shape index (κ3) is 2.31. The molecule has 89 valence electrons. The van der Waals surface area contributed by atoms with E-state index < -0.39 is 5.91 Å².